The van der Waals surface area contributed by atoms with Crippen LogP contribution in [0.4, 0.5) is 11.6 Å². The number of nitrogens with zero attached hydrogens (tertiary/aromatic N) is 2. The van der Waals surface area contributed by atoms with Crippen molar-refractivity contribution in [1.29, 1.82) is 0 Å². The number of aliphatic hydroxyl groups is 1. The third-order valence-corrected chi connectivity index (χ3v) is 1.34. The van der Waals surface area contributed by atoms with E-state index in [-0.39, 0.29) is 6.61 Å². The molecule has 0 aliphatic heterocycles. The van der Waals surface area contributed by atoms with Crippen LogP contribution < -0.4 is 10.6 Å². The van der Waals surface area contributed by atoms with Gasteiger partial charge in [-0.25, -0.2) is 9.97 Å². The minimum absolute atomic E-state index is 0.0961. The first-order valence-electron chi connectivity index (χ1n) is 3.71. The fraction of sp³-hybridized carbons (Fsp3) is 0.429. The molecular weight excluding hydrogens is 156 g/mol. The summed E-state index contributed by atoms with van der Waals surface area (Å²) in [6, 6.07) is 1.77. The molecule has 0 aliphatic carbocycles. The fourth-order valence-electron chi connectivity index (χ4n) is 0.775. The molecule has 5 nitrogen and oxygen atoms in total. The maximum atomic E-state index is 8.53. The Hall–Kier alpha value is -1.36. The SMILES string of the molecule is CNc1cc(NCCO)ncn1. The monoisotopic (exact) mass is 168 g/mol. The summed E-state index contributed by atoms with van der Waals surface area (Å²) in [6.07, 6.45) is 1.46. The van der Waals surface area contributed by atoms with Crippen LogP contribution in [-0.4, -0.2) is 35.3 Å². The van der Waals surface area contributed by atoms with Crippen LogP contribution in [0.15, 0.2) is 12.4 Å². The summed E-state index contributed by atoms with van der Waals surface area (Å²) >= 11 is 0. The minimum atomic E-state index is 0.0961. The van der Waals surface area contributed by atoms with Gasteiger partial charge in [-0.05, 0) is 0 Å². The summed E-state index contributed by atoms with van der Waals surface area (Å²) in [5.41, 5.74) is 0. The van der Waals surface area contributed by atoms with Gasteiger partial charge in [0.2, 0.25) is 0 Å². The molecule has 3 N–H and O–H groups in total. The molecule has 0 bridgehead atoms. The lowest BCUT2D eigenvalue weighted by atomic mass is 10.5. The van der Waals surface area contributed by atoms with Crippen LogP contribution in [0.5, 0.6) is 0 Å². The van der Waals surface area contributed by atoms with Gasteiger partial charge in [-0.3, -0.25) is 0 Å². The molecule has 0 fully saturated rings. The highest BCUT2D eigenvalue weighted by Crippen LogP contribution is 2.06. The van der Waals surface area contributed by atoms with Crippen molar-refractivity contribution in [3.8, 4) is 0 Å². The van der Waals surface area contributed by atoms with E-state index < -0.39 is 0 Å². The van der Waals surface area contributed by atoms with E-state index in [0.717, 1.165) is 5.82 Å². The van der Waals surface area contributed by atoms with Crippen molar-refractivity contribution >= 4 is 11.6 Å². The van der Waals surface area contributed by atoms with Crippen LogP contribution in [0, 0.1) is 0 Å². The molecule has 0 radical (unpaired) electrons. The van der Waals surface area contributed by atoms with Gasteiger partial charge in [0.25, 0.3) is 0 Å². The Balaban J connectivity index is 2.60. The first-order valence-corrected chi connectivity index (χ1v) is 3.71. The van der Waals surface area contributed by atoms with E-state index in [1.54, 1.807) is 13.1 Å². The van der Waals surface area contributed by atoms with Gasteiger partial charge in [0.15, 0.2) is 0 Å². The number of rotatable bonds is 4. The lowest BCUT2D eigenvalue weighted by Gasteiger charge is -2.03. The Labute approximate surface area is 70.9 Å². The molecule has 1 rings (SSSR count). The van der Waals surface area contributed by atoms with Crippen LogP contribution >= 0.6 is 0 Å². The quantitative estimate of drug-likeness (QED) is 0.586. The van der Waals surface area contributed by atoms with Crippen molar-refractivity contribution in [1.82, 2.24) is 9.97 Å². The van der Waals surface area contributed by atoms with Gasteiger partial charge in [0, 0.05) is 19.7 Å². The van der Waals surface area contributed by atoms with Gasteiger partial charge in [-0.1, -0.05) is 0 Å². The smallest absolute Gasteiger partial charge is 0.131 e. The first-order chi connectivity index (χ1) is 5.86. The highest BCUT2D eigenvalue weighted by Gasteiger charge is 1.94. The van der Waals surface area contributed by atoms with Crippen molar-refractivity contribution in [2.75, 3.05) is 30.8 Å². The summed E-state index contributed by atoms with van der Waals surface area (Å²) in [6.45, 7) is 0.596. The standard InChI is InChI=1S/C7H12N4O/c1-8-6-4-7(9-2-3-12)11-5-10-6/h4-5,12H,2-3H2,1H3,(H2,8,9,10,11). The molecule has 5 heteroatoms. The third kappa shape index (κ3) is 2.35. The summed E-state index contributed by atoms with van der Waals surface area (Å²) in [5, 5.41) is 14.4. The van der Waals surface area contributed by atoms with Crippen LogP contribution in [0.25, 0.3) is 0 Å². The van der Waals surface area contributed by atoms with E-state index in [2.05, 4.69) is 20.6 Å². The second-order valence-electron chi connectivity index (χ2n) is 2.19. The Morgan fingerprint density at radius 3 is 2.83 bits per heavy atom. The summed E-state index contributed by atoms with van der Waals surface area (Å²) in [5.74, 6) is 1.47. The van der Waals surface area contributed by atoms with Crippen LogP contribution in [0.3, 0.4) is 0 Å². The molecule has 0 aromatic carbocycles. The third-order valence-electron chi connectivity index (χ3n) is 1.34. The van der Waals surface area contributed by atoms with Gasteiger partial charge < -0.3 is 15.7 Å². The molecule has 12 heavy (non-hydrogen) atoms. The van der Waals surface area contributed by atoms with Crippen molar-refractivity contribution < 1.29 is 5.11 Å². The molecule has 0 atom stereocenters. The average molecular weight is 168 g/mol. The van der Waals surface area contributed by atoms with Gasteiger partial charge in [0.1, 0.15) is 18.0 Å². The molecule has 0 amide bonds. The molecule has 1 aromatic heterocycles. The predicted molar refractivity (Wildman–Crippen MR) is 47.2 cm³/mol. The van der Waals surface area contributed by atoms with Crippen molar-refractivity contribution in [3.05, 3.63) is 12.4 Å². The lowest BCUT2D eigenvalue weighted by Crippen LogP contribution is -2.07. The second-order valence-corrected chi connectivity index (χ2v) is 2.19. The van der Waals surface area contributed by atoms with Crippen molar-refractivity contribution in [2.45, 2.75) is 0 Å². The molecule has 66 valence electrons. The Morgan fingerprint density at radius 2 is 2.17 bits per heavy atom. The molecule has 0 saturated heterocycles. The van der Waals surface area contributed by atoms with E-state index in [0.29, 0.717) is 12.4 Å². The highest BCUT2D eigenvalue weighted by molar-refractivity contribution is 5.45. The zero-order valence-electron chi connectivity index (χ0n) is 6.91. The van der Waals surface area contributed by atoms with Crippen LogP contribution in [0.1, 0.15) is 0 Å². The first kappa shape index (κ1) is 8.73. The Morgan fingerprint density at radius 1 is 1.42 bits per heavy atom. The highest BCUT2D eigenvalue weighted by atomic mass is 16.3. The lowest BCUT2D eigenvalue weighted by molar-refractivity contribution is 0.311. The minimum Gasteiger partial charge on any atom is -0.395 e. The van der Waals surface area contributed by atoms with E-state index in [9.17, 15) is 0 Å². The van der Waals surface area contributed by atoms with E-state index in [1.807, 2.05) is 0 Å². The molecule has 1 heterocycles. The zero-order valence-corrected chi connectivity index (χ0v) is 6.91. The van der Waals surface area contributed by atoms with E-state index >= 15 is 0 Å². The summed E-state index contributed by atoms with van der Waals surface area (Å²) in [7, 11) is 1.79. The molecule has 0 unspecified atom stereocenters. The molecule has 0 saturated carbocycles. The maximum absolute atomic E-state index is 8.53. The van der Waals surface area contributed by atoms with Crippen molar-refractivity contribution in [2.24, 2.45) is 0 Å². The Kier molecular flexibility index (Phi) is 3.28. The van der Waals surface area contributed by atoms with Crippen molar-refractivity contribution in [3.63, 3.8) is 0 Å². The van der Waals surface area contributed by atoms with Gasteiger partial charge in [0.05, 0.1) is 6.61 Å². The maximum Gasteiger partial charge on any atom is 0.131 e. The molecule has 0 aliphatic rings. The molecule has 0 spiro atoms. The molecular formula is C7H12N4O. The average Bonchev–Trinajstić information content (AvgIpc) is 2.15. The Bertz CT molecular complexity index is 241. The number of hydrogen-bond acceptors (Lipinski definition) is 5. The van der Waals surface area contributed by atoms with E-state index in [4.69, 9.17) is 5.11 Å². The number of nitrogens with one attached hydrogen (secondary N) is 2. The van der Waals surface area contributed by atoms with Crippen LogP contribution in [-0.2, 0) is 0 Å². The molecule has 1 aromatic rings. The van der Waals surface area contributed by atoms with Gasteiger partial charge in [-0.15, -0.1) is 0 Å². The predicted octanol–water partition coefficient (Wildman–Crippen LogP) is -0.0775. The van der Waals surface area contributed by atoms with Gasteiger partial charge >= 0.3 is 0 Å². The normalized spacial score (nSPS) is 9.50. The summed E-state index contributed by atoms with van der Waals surface area (Å²) in [4.78, 5) is 7.89. The van der Waals surface area contributed by atoms with Gasteiger partial charge in [-0.2, -0.15) is 0 Å². The fourth-order valence-corrected chi connectivity index (χ4v) is 0.775. The summed E-state index contributed by atoms with van der Waals surface area (Å²) < 4.78 is 0. The van der Waals surface area contributed by atoms with E-state index in [1.165, 1.54) is 6.33 Å². The largest absolute Gasteiger partial charge is 0.395 e. The number of aromatic nitrogens is 2. The van der Waals surface area contributed by atoms with Crippen LogP contribution in [0.2, 0.25) is 0 Å². The number of anilines is 2. The number of hydrogen-bond donors (Lipinski definition) is 3. The second kappa shape index (κ2) is 4.50. The topological polar surface area (TPSA) is 70.1 Å². The zero-order chi connectivity index (χ0) is 8.81. The number of aliphatic hydroxyl groups excluding tert-OH is 1.